The number of carbonyl (C=O) groups excluding carboxylic acids is 1. The zero-order valence-electron chi connectivity index (χ0n) is 11.7. The first-order valence-electron chi connectivity index (χ1n) is 6.25. The van der Waals surface area contributed by atoms with Crippen LogP contribution in [0.4, 0.5) is 0 Å². The van der Waals surface area contributed by atoms with Crippen molar-refractivity contribution in [2.45, 2.75) is 6.42 Å². The molecule has 0 saturated carbocycles. The first-order chi connectivity index (χ1) is 9.49. The van der Waals surface area contributed by atoms with Gasteiger partial charge in [-0.3, -0.25) is 13.9 Å². The van der Waals surface area contributed by atoms with Gasteiger partial charge < -0.3 is 5.32 Å². The van der Waals surface area contributed by atoms with Crippen molar-refractivity contribution in [1.29, 1.82) is 5.26 Å². The van der Waals surface area contributed by atoms with Crippen LogP contribution < -0.4 is 11.0 Å². The fourth-order valence-corrected chi connectivity index (χ4v) is 2.29. The molecule has 0 saturated heterocycles. The van der Waals surface area contributed by atoms with Crippen LogP contribution >= 0.6 is 0 Å². The van der Waals surface area contributed by atoms with E-state index in [1.54, 1.807) is 23.2 Å². The molecule has 0 bridgehead atoms. The van der Waals surface area contributed by atoms with Gasteiger partial charge in [0.15, 0.2) is 0 Å². The molecule has 20 heavy (non-hydrogen) atoms. The maximum atomic E-state index is 11.8. The Labute approximate surface area is 116 Å². The number of imidazole rings is 1. The van der Waals surface area contributed by atoms with Crippen LogP contribution in [0.5, 0.6) is 0 Å². The Morgan fingerprint density at radius 1 is 1.35 bits per heavy atom. The lowest BCUT2D eigenvalue weighted by Crippen LogP contribution is -2.27. The fourth-order valence-electron chi connectivity index (χ4n) is 2.29. The second-order valence-corrected chi connectivity index (χ2v) is 4.72. The number of nitrogens with zero attached hydrogens (tertiary/aromatic N) is 3. The average molecular weight is 272 g/mol. The van der Waals surface area contributed by atoms with Gasteiger partial charge in [-0.2, -0.15) is 5.26 Å². The van der Waals surface area contributed by atoms with Crippen LogP contribution in [0.25, 0.3) is 11.0 Å². The number of benzene rings is 1. The molecule has 1 atom stereocenters. The molecule has 1 amide bonds. The van der Waals surface area contributed by atoms with Gasteiger partial charge in [0.25, 0.3) is 0 Å². The van der Waals surface area contributed by atoms with Crippen molar-refractivity contribution in [2.24, 2.45) is 20.0 Å². The maximum Gasteiger partial charge on any atom is 0.328 e. The normalized spacial score (nSPS) is 12.1. The van der Waals surface area contributed by atoms with Crippen molar-refractivity contribution in [1.82, 2.24) is 14.5 Å². The average Bonchev–Trinajstić information content (AvgIpc) is 2.68. The van der Waals surface area contributed by atoms with E-state index in [9.17, 15) is 9.59 Å². The highest BCUT2D eigenvalue weighted by Crippen LogP contribution is 2.16. The second kappa shape index (κ2) is 5.21. The van der Waals surface area contributed by atoms with E-state index >= 15 is 0 Å². The third kappa shape index (κ3) is 2.18. The van der Waals surface area contributed by atoms with Crippen LogP contribution in [-0.4, -0.2) is 22.1 Å². The fraction of sp³-hybridized carbons (Fsp3) is 0.357. The highest BCUT2D eigenvalue weighted by atomic mass is 16.2. The molecule has 0 aliphatic heterocycles. The predicted octanol–water partition coefficient (Wildman–Crippen LogP) is 0.305. The monoisotopic (exact) mass is 272 g/mol. The minimum atomic E-state index is -0.724. The largest absolute Gasteiger partial charge is 0.358 e. The van der Waals surface area contributed by atoms with Crippen LogP contribution in [0.15, 0.2) is 23.0 Å². The summed E-state index contributed by atoms with van der Waals surface area (Å²) in [4.78, 5) is 23.4. The number of nitrogens with one attached hydrogen (secondary N) is 1. The van der Waals surface area contributed by atoms with Crippen molar-refractivity contribution < 1.29 is 4.79 Å². The third-order valence-electron chi connectivity index (χ3n) is 3.49. The van der Waals surface area contributed by atoms with Crippen molar-refractivity contribution >= 4 is 16.9 Å². The van der Waals surface area contributed by atoms with E-state index in [2.05, 4.69) is 5.32 Å². The Bertz CT molecular complexity index is 764. The topological polar surface area (TPSA) is 79.8 Å². The summed E-state index contributed by atoms with van der Waals surface area (Å²) in [5.41, 5.74) is 2.38. The summed E-state index contributed by atoms with van der Waals surface area (Å²) in [6.45, 7) is 0. The summed E-state index contributed by atoms with van der Waals surface area (Å²) in [5, 5.41) is 11.5. The Kier molecular flexibility index (Phi) is 3.61. The Balaban J connectivity index is 2.43. The van der Waals surface area contributed by atoms with Gasteiger partial charge in [0.2, 0.25) is 5.91 Å². The number of hydrogen-bond acceptors (Lipinski definition) is 3. The lowest BCUT2D eigenvalue weighted by atomic mass is 9.99. The second-order valence-electron chi connectivity index (χ2n) is 4.72. The van der Waals surface area contributed by atoms with Gasteiger partial charge in [-0.05, 0) is 24.1 Å². The van der Waals surface area contributed by atoms with E-state index in [0.717, 1.165) is 16.6 Å². The maximum absolute atomic E-state index is 11.8. The van der Waals surface area contributed by atoms with Crippen molar-refractivity contribution in [3.8, 4) is 6.07 Å². The molecular weight excluding hydrogens is 256 g/mol. The highest BCUT2D eigenvalue weighted by molar-refractivity contribution is 5.81. The van der Waals surface area contributed by atoms with Gasteiger partial charge in [-0.1, -0.05) is 6.07 Å². The lowest BCUT2D eigenvalue weighted by Gasteiger charge is -2.08. The molecule has 0 fully saturated rings. The SMILES string of the molecule is CNC(=O)C(C#N)Cc1ccc2c(c1)n(C)c(=O)n2C. The van der Waals surface area contributed by atoms with Crippen molar-refractivity contribution in [3.05, 3.63) is 34.2 Å². The minimum Gasteiger partial charge on any atom is -0.358 e. The molecular formula is C14H16N4O2. The summed E-state index contributed by atoms with van der Waals surface area (Å²) in [7, 11) is 4.93. The molecule has 1 heterocycles. The summed E-state index contributed by atoms with van der Waals surface area (Å²) >= 11 is 0. The number of amides is 1. The van der Waals surface area contributed by atoms with Gasteiger partial charge in [0.1, 0.15) is 5.92 Å². The number of nitriles is 1. The molecule has 104 valence electrons. The van der Waals surface area contributed by atoms with Crippen molar-refractivity contribution in [3.63, 3.8) is 0 Å². The molecule has 1 N–H and O–H groups in total. The Morgan fingerprint density at radius 3 is 2.60 bits per heavy atom. The minimum absolute atomic E-state index is 0.0970. The smallest absolute Gasteiger partial charge is 0.328 e. The zero-order valence-corrected chi connectivity index (χ0v) is 11.7. The van der Waals surface area contributed by atoms with E-state index in [4.69, 9.17) is 5.26 Å². The van der Waals surface area contributed by atoms with Gasteiger partial charge in [0, 0.05) is 21.1 Å². The molecule has 0 spiro atoms. The first kappa shape index (κ1) is 13.9. The molecule has 1 unspecified atom stereocenters. The molecule has 2 aromatic rings. The Morgan fingerprint density at radius 2 is 2.00 bits per heavy atom. The molecule has 6 nitrogen and oxygen atoms in total. The standard InChI is InChI=1S/C14H16N4O2/c1-16-13(19)10(8-15)6-9-4-5-11-12(7-9)18(3)14(20)17(11)2/h4-5,7,10H,6H2,1-3H3,(H,16,19). The van der Waals surface area contributed by atoms with E-state index < -0.39 is 5.92 Å². The predicted molar refractivity (Wildman–Crippen MR) is 75.0 cm³/mol. The number of aryl methyl sites for hydroxylation is 2. The van der Waals surface area contributed by atoms with Gasteiger partial charge in [-0.25, -0.2) is 4.79 Å². The summed E-state index contributed by atoms with van der Waals surface area (Å²) in [6, 6.07) is 7.53. The number of fused-ring (bicyclic) bond motifs is 1. The molecule has 6 heteroatoms. The first-order valence-corrected chi connectivity index (χ1v) is 6.25. The van der Waals surface area contributed by atoms with Crippen LogP contribution in [0.1, 0.15) is 5.56 Å². The molecule has 0 radical (unpaired) electrons. The van der Waals surface area contributed by atoms with Crippen LogP contribution in [0.3, 0.4) is 0 Å². The van der Waals surface area contributed by atoms with E-state index in [1.807, 2.05) is 24.3 Å². The van der Waals surface area contributed by atoms with Gasteiger partial charge in [0.05, 0.1) is 17.1 Å². The molecule has 2 rings (SSSR count). The van der Waals surface area contributed by atoms with E-state index in [-0.39, 0.29) is 11.6 Å². The number of rotatable bonds is 3. The van der Waals surface area contributed by atoms with Crippen LogP contribution in [-0.2, 0) is 25.3 Å². The third-order valence-corrected chi connectivity index (χ3v) is 3.49. The lowest BCUT2D eigenvalue weighted by molar-refractivity contribution is -0.122. The Hall–Kier alpha value is -2.55. The van der Waals surface area contributed by atoms with Crippen LogP contribution in [0, 0.1) is 17.2 Å². The zero-order chi connectivity index (χ0) is 14.9. The summed E-state index contributed by atoms with van der Waals surface area (Å²) in [5.74, 6) is -1.02. The number of carbonyl (C=O) groups is 1. The quantitative estimate of drug-likeness (QED) is 0.873. The number of hydrogen-bond donors (Lipinski definition) is 1. The molecule has 1 aromatic carbocycles. The molecule has 0 aliphatic carbocycles. The van der Waals surface area contributed by atoms with Gasteiger partial charge in [-0.15, -0.1) is 0 Å². The van der Waals surface area contributed by atoms with Crippen LogP contribution in [0.2, 0.25) is 0 Å². The summed E-state index contributed by atoms with van der Waals surface area (Å²) < 4.78 is 3.12. The summed E-state index contributed by atoms with van der Waals surface area (Å²) in [6.07, 6.45) is 0.329. The molecule has 1 aromatic heterocycles. The molecule has 0 aliphatic rings. The van der Waals surface area contributed by atoms with E-state index in [0.29, 0.717) is 6.42 Å². The number of aromatic nitrogens is 2. The van der Waals surface area contributed by atoms with Gasteiger partial charge >= 0.3 is 5.69 Å². The highest BCUT2D eigenvalue weighted by Gasteiger charge is 2.17. The van der Waals surface area contributed by atoms with Crippen molar-refractivity contribution in [2.75, 3.05) is 7.05 Å². The van der Waals surface area contributed by atoms with E-state index in [1.165, 1.54) is 7.05 Å².